The molecule has 1 N–H and O–H groups in total. The van der Waals surface area contributed by atoms with Crippen molar-refractivity contribution in [3.63, 3.8) is 0 Å². The van der Waals surface area contributed by atoms with Gasteiger partial charge in [0.2, 0.25) is 0 Å². The van der Waals surface area contributed by atoms with Crippen LogP contribution >= 0.6 is 0 Å². The van der Waals surface area contributed by atoms with Crippen LogP contribution in [0.25, 0.3) is 0 Å². The van der Waals surface area contributed by atoms with Gasteiger partial charge >= 0.3 is 0 Å². The summed E-state index contributed by atoms with van der Waals surface area (Å²) in [6.07, 6.45) is 0.932. The third-order valence-corrected chi connectivity index (χ3v) is 2.54. The predicted octanol–water partition coefficient (Wildman–Crippen LogP) is 2.52. The number of rotatable bonds is 8. The Morgan fingerprint density at radius 1 is 1.24 bits per heavy atom. The summed E-state index contributed by atoms with van der Waals surface area (Å²) in [5.74, 6) is 1.01. The summed E-state index contributed by atoms with van der Waals surface area (Å²) >= 11 is 0. The molecule has 0 aliphatic heterocycles. The fourth-order valence-corrected chi connectivity index (χ4v) is 1.73. The Morgan fingerprint density at radius 2 is 2.06 bits per heavy atom. The Balaban J connectivity index is 2.50. The van der Waals surface area contributed by atoms with Crippen molar-refractivity contribution in [1.82, 2.24) is 5.32 Å². The molecule has 17 heavy (non-hydrogen) atoms. The molecule has 0 saturated heterocycles. The van der Waals surface area contributed by atoms with E-state index in [0.717, 1.165) is 31.9 Å². The molecule has 1 aromatic carbocycles. The van der Waals surface area contributed by atoms with Crippen LogP contribution < -0.4 is 10.1 Å². The number of para-hydroxylation sites is 1. The van der Waals surface area contributed by atoms with E-state index in [1.165, 1.54) is 11.1 Å². The normalized spacial score (nSPS) is 10.5. The highest BCUT2D eigenvalue weighted by Crippen LogP contribution is 2.23. The van der Waals surface area contributed by atoms with Crippen LogP contribution in [0.3, 0.4) is 0 Å². The molecular formula is C14H23NO2. The smallest absolute Gasteiger partial charge is 0.126 e. The minimum atomic E-state index is 0.710. The zero-order valence-corrected chi connectivity index (χ0v) is 11.1. The third kappa shape index (κ3) is 4.75. The number of benzene rings is 1. The van der Waals surface area contributed by atoms with Crippen molar-refractivity contribution in [1.29, 1.82) is 0 Å². The minimum absolute atomic E-state index is 0.710. The van der Waals surface area contributed by atoms with E-state index in [1.807, 2.05) is 14.0 Å². The van der Waals surface area contributed by atoms with Gasteiger partial charge in [-0.05, 0) is 26.5 Å². The molecule has 0 fully saturated rings. The number of nitrogens with one attached hydrogen (secondary N) is 1. The van der Waals surface area contributed by atoms with Crippen LogP contribution in [0, 0.1) is 6.92 Å². The number of hydrogen-bond donors (Lipinski definition) is 1. The van der Waals surface area contributed by atoms with Crippen molar-refractivity contribution in [3.05, 3.63) is 29.3 Å². The molecular weight excluding hydrogens is 214 g/mol. The van der Waals surface area contributed by atoms with Crippen molar-refractivity contribution < 1.29 is 9.47 Å². The molecule has 96 valence electrons. The third-order valence-electron chi connectivity index (χ3n) is 2.54. The quantitative estimate of drug-likeness (QED) is 0.705. The molecule has 3 nitrogen and oxygen atoms in total. The number of hydrogen-bond acceptors (Lipinski definition) is 3. The first kappa shape index (κ1) is 14.0. The maximum absolute atomic E-state index is 5.85. The van der Waals surface area contributed by atoms with Crippen LogP contribution in [0.15, 0.2) is 18.2 Å². The molecule has 0 atom stereocenters. The lowest BCUT2D eigenvalue weighted by Gasteiger charge is -2.14. The fraction of sp³-hybridized carbons (Fsp3) is 0.571. The van der Waals surface area contributed by atoms with E-state index < -0.39 is 0 Å². The van der Waals surface area contributed by atoms with Crippen molar-refractivity contribution in [2.45, 2.75) is 26.8 Å². The second-order valence-electron chi connectivity index (χ2n) is 3.99. The lowest BCUT2D eigenvalue weighted by Crippen LogP contribution is -2.10. The molecule has 3 heteroatoms. The molecule has 0 amide bonds. The van der Waals surface area contributed by atoms with Gasteiger partial charge in [-0.15, -0.1) is 0 Å². The maximum atomic E-state index is 5.85. The number of aryl methyl sites for hydroxylation is 1. The molecule has 0 aliphatic rings. The van der Waals surface area contributed by atoms with E-state index >= 15 is 0 Å². The van der Waals surface area contributed by atoms with Gasteiger partial charge < -0.3 is 14.8 Å². The average Bonchev–Trinajstić information content (AvgIpc) is 2.32. The van der Waals surface area contributed by atoms with Crippen LogP contribution in [0.2, 0.25) is 0 Å². The van der Waals surface area contributed by atoms with Gasteiger partial charge in [-0.3, -0.25) is 0 Å². The molecule has 0 aromatic heterocycles. The van der Waals surface area contributed by atoms with E-state index in [4.69, 9.17) is 9.47 Å². The van der Waals surface area contributed by atoms with Gasteiger partial charge in [-0.25, -0.2) is 0 Å². The maximum Gasteiger partial charge on any atom is 0.126 e. The van der Waals surface area contributed by atoms with E-state index in [1.54, 1.807) is 0 Å². The van der Waals surface area contributed by atoms with Crippen LogP contribution in [0.5, 0.6) is 5.75 Å². The van der Waals surface area contributed by atoms with Crippen molar-refractivity contribution in [2.24, 2.45) is 0 Å². The highest BCUT2D eigenvalue weighted by molar-refractivity contribution is 5.40. The Labute approximate surface area is 104 Å². The Kier molecular flexibility index (Phi) is 6.67. The van der Waals surface area contributed by atoms with Gasteiger partial charge in [0.05, 0.1) is 6.61 Å². The minimum Gasteiger partial charge on any atom is -0.493 e. The second kappa shape index (κ2) is 8.09. The van der Waals surface area contributed by atoms with E-state index in [9.17, 15) is 0 Å². The van der Waals surface area contributed by atoms with Crippen LogP contribution in [0.4, 0.5) is 0 Å². The first-order chi connectivity index (χ1) is 8.29. The molecule has 0 bridgehead atoms. The fourth-order valence-electron chi connectivity index (χ4n) is 1.73. The van der Waals surface area contributed by atoms with E-state index in [-0.39, 0.29) is 0 Å². The summed E-state index contributed by atoms with van der Waals surface area (Å²) in [5.41, 5.74) is 2.40. The van der Waals surface area contributed by atoms with Gasteiger partial charge in [0.1, 0.15) is 5.75 Å². The zero-order chi connectivity index (χ0) is 12.5. The largest absolute Gasteiger partial charge is 0.493 e. The Morgan fingerprint density at radius 3 is 2.76 bits per heavy atom. The Hall–Kier alpha value is -1.06. The first-order valence-corrected chi connectivity index (χ1v) is 6.23. The highest BCUT2D eigenvalue weighted by Gasteiger charge is 2.05. The molecule has 0 spiro atoms. The van der Waals surface area contributed by atoms with Gasteiger partial charge in [0, 0.05) is 31.7 Å². The Bertz CT molecular complexity index is 326. The summed E-state index contributed by atoms with van der Waals surface area (Å²) < 4.78 is 11.1. The van der Waals surface area contributed by atoms with Gasteiger partial charge in [0.25, 0.3) is 0 Å². The molecule has 0 heterocycles. The second-order valence-corrected chi connectivity index (χ2v) is 3.99. The van der Waals surface area contributed by atoms with Crippen molar-refractivity contribution in [3.8, 4) is 5.75 Å². The summed E-state index contributed by atoms with van der Waals surface area (Å²) in [6.45, 7) is 7.17. The number of ether oxygens (including phenoxy) is 2. The molecule has 0 unspecified atom stereocenters. The summed E-state index contributed by atoms with van der Waals surface area (Å²) in [7, 11) is 1.95. The molecule has 0 saturated carbocycles. The van der Waals surface area contributed by atoms with Crippen molar-refractivity contribution >= 4 is 0 Å². The van der Waals surface area contributed by atoms with Crippen LogP contribution in [-0.4, -0.2) is 26.9 Å². The predicted molar refractivity (Wildman–Crippen MR) is 70.5 cm³/mol. The summed E-state index contributed by atoms with van der Waals surface area (Å²) in [6, 6.07) is 6.24. The van der Waals surface area contributed by atoms with E-state index in [2.05, 4.69) is 30.4 Å². The van der Waals surface area contributed by atoms with Crippen LogP contribution in [0.1, 0.15) is 24.5 Å². The lowest BCUT2D eigenvalue weighted by atomic mass is 10.1. The summed E-state index contributed by atoms with van der Waals surface area (Å²) in [4.78, 5) is 0. The molecule has 1 rings (SSSR count). The highest BCUT2D eigenvalue weighted by atomic mass is 16.5. The van der Waals surface area contributed by atoms with Crippen molar-refractivity contribution in [2.75, 3.05) is 26.9 Å². The zero-order valence-electron chi connectivity index (χ0n) is 11.1. The van der Waals surface area contributed by atoms with Gasteiger partial charge in [0.15, 0.2) is 0 Å². The monoisotopic (exact) mass is 237 g/mol. The topological polar surface area (TPSA) is 30.5 Å². The lowest BCUT2D eigenvalue weighted by molar-refractivity contribution is 0.130. The molecule has 0 aliphatic carbocycles. The molecule has 0 radical (unpaired) electrons. The SMILES string of the molecule is CCOCCCOc1c(C)cccc1CNC. The van der Waals surface area contributed by atoms with Gasteiger partial charge in [-0.1, -0.05) is 18.2 Å². The molecule has 1 aromatic rings. The average molecular weight is 237 g/mol. The standard InChI is InChI=1S/C14H23NO2/c1-4-16-9-6-10-17-14-12(2)7-5-8-13(14)11-15-3/h5,7-8,15H,4,6,9-11H2,1-3H3. The summed E-state index contributed by atoms with van der Waals surface area (Å²) in [5, 5.41) is 3.16. The van der Waals surface area contributed by atoms with Crippen LogP contribution in [-0.2, 0) is 11.3 Å². The first-order valence-electron chi connectivity index (χ1n) is 6.23. The van der Waals surface area contributed by atoms with E-state index in [0.29, 0.717) is 6.61 Å². The van der Waals surface area contributed by atoms with Gasteiger partial charge in [-0.2, -0.15) is 0 Å².